The smallest absolute Gasteiger partial charge is 0.262 e. The molecular formula is C21H26N2O4S. The van der Waals surface area contributed by atoms with Crippen LogP contribution in [0.1, 0.15) is 31.7 Å². The maximum absolute atomic E-state index is 12.8. The topological polar surface area (TPSA) is 75.7 Å². The first kappa shape index (κ1) is 20.4. The summed E-state index contributed by atoms with van der Waals surface area (Å²) in [4.78, 5) is 12.3. The van der Waals surface area contributed by atoms with Crippen molar-refractivity contribution < 1.29 is 17.9 Å². The Balaban J connectivity index is 1.60. The lowest BCUT2D eigenvalue weighted by Crippen LogP contribution is -2.41. The first-order valence-electron chi connectivity index (χ1n) is 9.47. The van der Waals surface area contributed by atoms with Gasteiger partial charge >= 0.3 is 0 Å². The number of nitrogens with one attached hydrogen (secondary N) is 1. The number of piperidine rings is 1. The van der Waals surface area contributed by atoms with Crippen molar-refractivity contribution in [2.45, 2.75) is 44.0 Å². The zero-order valence-corrected chi connectivity index (χ0v) is 17.0. The number of carbonyl (C=O) groups is 1. The zero-order valence-electron chi connectivity index (χ0n) is 16.2. The van der Waals surface area contributed by atoms with Crippen LogP contribution in [0.3, 0.4) is 0 Å². The van der Waals surface area contributed by atoms with E-state index in [0.29, 0.717) is 18.0 Å². The Bertz CT molecular complexity index is 926. The van der Waals surface area contributed by atoms with Crippen LogP contribution in [0, 0.1) is 6.92 Å². The molecule has 1 heterocycles. The molecule has 6 nitrogen and oxygen atoms in total. The molecule has 0 spiro atoms. The van der Waals surface area contributed by atoms with Crippen molar-refractivity contribution in [1.82, 2.24) is 4.31 Å². The van der Waals surface area contributed by atoms with Crippen LogP contribution in [0.15, 0.2) is 53.4 Å². The van der Waals surface area contributed by atoms with Crippen molar-refractivity contribution in [1.29, 1.82) is 0 Å². The molecule has 7 heteroatoms. The Kier molecular flexibility index (Phi) is 6.36. The van der Waals surface area contributed by atoms with E-state index in [2.05, 4.69) is 5.32 Å². The molecule has 1 N–H and O–H groups in total. The van der Waals surface area contributed by atoms with E-state index < -0.39 is 10.0 Å². The molecule has 0 bridgehead atoms. The average molecular weight is 403 g/mol. The molecule has 0 radical (unpaired) electrons. The lowest BCUT2D eigenvalue weighted by atomic mass is 10.1. The minimum absolute atomic E-state index is 0.0110. The number of ether oxygens (including phenoxy) is 1. The number of aryl methyl sites for hydroxylation is 1. The van der Waals surface area contributed by atoms with Crippen LogP contribution in [0.25, 0.3) is 0 Å². The number of benzene rings is 2. The Hall–Kier alpha value is -2.38. The fraction of sp³-hybridized carbons (Fsp3) is 0.381. The predicted octanol–water partition coefficient (Wildman–Crippen LogP) is 3.58. The van der Waals surface area contributed by atoms with E-state index in [9.17, 15) is 13.2 Å². The largest absolute Gasteiger partial charge is 0.484 e. The molecule has 0 aliphatic carbocycles. The van der Waals surface area contributed by atoms with Gasteiger partial charge in [-0.05, 0) is 68.7 Å². The summed E-state index contributed by atoms with van der Waals surface area (Å²) in [6, 6.07) is 13.8. The van der Waals surface area contributed by atoms with E-state index in [1.807, 2.05) is 32.0 Å². The molecule has 2 aromatic rings. The third-order valence-corrected chi connectivity index (χ3v) is 6.87. The van der Waals surface area contributed by atoms with Crippen LogP contribution in [0.4, 0.5) is 5.69 Å². The van der Waals surface area contributed by atoms with Gasteiger partial charge in [-0.1, -0.05) is 18.6 Å². The number of sulfonamides is 1. The molecule has 3 rings (SSSR count). The van der Waals surface area contributed by atoms with Crippen LogP contribution in [-0.2, 0) is 14.8 Å². The number of rotatable bonds is 6. The molecule has 150 valence electrons. The summed E-state index contributed by atoms with van der Waals surface area (Å²) in [7, 11) is -3.51. The Morgan fingerprint density at radius 2 is 1.93 bits per heavy atom. The Labute approximate surface area is 166 Å². The van der Waals surface area contributed by atoms with Gasteiger partial charge in [-0.2, -0.15) is 4.31 Å². The second kappa shape index (κ2) is 8.75. The van der Waals surface area contributed by atoms with E-state index in [1.165, 1.54) is 12.1 Å². The summed E-state index contributed by atoms with van der Waals surface area (Å²) in [5, 5.41) is 2.72. The third kappa shape index (κ3) is 4.91. The van der Waals surface area contributed by atoms with E-state index in [4.69, 9.17) is 4.74 Å². The molecule has 1 amide bonds. The molecule has 1 saturated heterocycles. The van der Waals surface area contributed by atoms with Crippen molar-refractivity contribution in [3.63, 3.8) is 0 Å². The summed E-state index contributed by atoms with van der Waals surface area (Å²) >= 11 is 0. The molecule has 1 atom stereocenters. The normalized spacial score (nSPS) is 17.9. The van der Waals surface area contributed by atoms with Crippen LogP contribution in [0.2, 0.25) is 0 Å². The van der Waals surface area contributed by atoms with Gasteiger partial charge in [-0.25, -0.2) is 8.42 Å². The van der Waals surface area contributed by atoms with Gasteiger partial charge in [0.25, 0.3) is 5.91 Å². The Morgan fingerprint density at radius 1 is 1.18 bits per heavy atom. The van der Waals surface area contributed by atoms with Gasteiger partial charge in [0.2, 0.25) is 10.0 Å². The van der Waals surface area contributed by atoms with Gasteiger partial charge in [-0.15, -0.1) is 0 Å². The minimum atomic E-state index is -3.51. The first-order valence-corrected chi connectivity index (χ1v) is 10.9. The van der Waals surface area contributed by atoms with Crippen LogP contribution in [0.5, 0.6) is 5.75 Å². The van der Waals surface area contributed by atoms with E-state index in [-0.39, 0.29) is 23.5 Å². The highest BCUT2D eigenvalue weighted by Crippen LogP contribution is 2.25. The van der Waals surface area contributed by atoms with Gasteiger partial charge in [-0.3, -0.25) is 4.79 Å². The van der Waals surface area contributed by atoms with Gasteiger partial charge in [0.05, 0.1) is 4.90 Å². The highest BCUT2D eigenvalue weighted by atomic mass is 32.2. The number of amides is 1. The summed E-state index contributed by atoms with van der Waals surface area (Å²) < 4.78 is 32.7. The SMILES string of the molecule is Cc1cccc(OCC(=O)Nc2ccc(S(=O)(=O)N3CCCC[C@H]3C)cc2)c1. The van der Waals surface area contributed by atoms with Gasteiger partial charge in [0, 0.05) is 18.3 Å². The molecule has 2 aromatic carbocycles. The van der Waals surface area contributed by atoms with Crippen molar-refractivity contribution in [3.8, 4) is 5.75 Å². The van der Waals surface area contributed by atoms with Crippen molar-refractivity contribution in [2.24, 2.45) is 0 Å². The van der Waals surface area contributed by atoms with Crippen molar-refractivity contribution in [2.75, 3.05) is 18.5 Å². The third-order valence-electron chi connectivity index (χ3n) is 4.85. The zero-order chi connectivity index (χ0) is 20.1. The average Bonchev–Trinajstić information content (AvgIpc) is 2.67. The monoisotopic (exact) mass is 402 g/mol. The molecule has 0 saturated carbocycles. The molecule has 0 unspecified atom stereocenters. The lowest BCUT2D eigenvalue weighted by molar-refractivity contribution is -0.118. The summed E-state index contributed by atoms with van der Waals surface area (Å²) in [5.41, 5.74) is 1.58. The van der Waals surface area contributed by atoms with E-state index >= 15 is 0 Å². The van der Waals surface area contributed by atoms with E-state index in [0.717, 1.165) is 24.8 Å². The standard InChI is InChI=1S/C21H26N2O4S/c1-16-6-5-8-19(14-16)27-15-21(24)22-18-9-11-20(12-10-18)28(25,26)23-13-4-3-7-17(23)2/h5-6,8-12,14,17H,3-4,7,13,15H2,1-2H3,(H,22,24)/t17-/m1/s1. The molecule has 1 aliphatic heterocycles. The van der Waals surface area contributed by atoms with Crippen LogP contribution < -0.4 is 10.1 Å². The highest BCUT2D eigenvalue weighted by Gasteiger charge is 2.30. The maximum Gasteiger partial charge on any atom is 0.262 e. The number of nitrogens with zero attached hydrogens (tertiary/aromatic N) is 1. The number of carbonyl (C=O) groups excluding carboxylic acids is 1. The van der Waals surface area contributed by atoms with Crippen molar-refractivity contribution in [3.05, 3.63) is 54.1 Å². The molecule has 1 aliphatic rings. The summed E-state index contributed by atoms with van der Waals surface area (Å²) in [6.07, 6.45) is 2.83. The summed E-state index contributed by atoms with van der Waals surface area (Å²) in [5.74, 6) is 0.328. The minimum Gasteiger partial charge on any atom is -0.484 e. The fourth-order valence-electron chi connectivity index (χ4n) is 3.33. The second-order valence-electron chi connectivity index (χ2n) is 7.14. The quantitative estimate of drug-likeness (QED) is 0.801. The van der Waals surface area contributed by atoms with Gasteiger partial charge in [0.1, 0.15) is 5.75 Å². The van der Waals surface area contributed by atoms with Crippen molar-refractivity contribution >= 4 is 21.6 Å². The first-order chi connectivity index (χ1) is 13.4. The number of anilines is 1. The number of hydrogen-bond donors (Lipinski definition) is 1. The second-order valence-corrected chi connectivity index (χ2v) is 9.03. The van der Waals surface area contributed by atoms with Gasteiger partial charge < -0.3 is 10.1 Å². The van der Waals surface area contributed by atoms with Crippen LogP contribution in [-0.4, -0.2) is 37.8 Å². The maximum atomic E-state index is 12.8. The molecule has 1 fully saturated rings. The van der Waals surface area contributed by atoms with Gasteiger partial charge in [0.15, 0.2) is 6.61 Å². The highest BCUT2D eigenvalue weighted by molar-refractivity contribution is 7.89. The predicted molar refractivity (Wildman–Crippen MR) is 109 cm³/mol. The lowest BCUT2D eigenvalue weighted by Gasteiger charge is -2.32. The molecule has 0 aromatic heterocycles. The summed E-state index contributed by atoms with van der Waals surface area (Å²) in [6.45, 7) is 4.33. The molecule has 28 heavy (non-hydrogen) atoms. The van der Waals surface area contributed by atoms with Crippen LogP contribution >= 0.6 is 0 Å². The Morgan fingerprint density at radius 3 is 2.61 bits per heavy atom. The fourth-order valence-corrected chi connectivity index (χ4v) is 5.03. The molecular weight excluding hydrogens is 376 g/mol. The number of hydrogen-bond acceptors (Lipinski definition) is 4. The van der Waals surface area contributed by atoms with E-state index in [1.54, 1.807) is 22.5 Å².